The topological polar surface area (TPSA) is 26.0 Å². The highest BCUT2D eigenvalue weighted by Crippen LogP contribution is 2.02. The Labute approximate surface area is 97.9 Å². The smallest absolute Gasteiger partial charge is 0.0314 e. The maximum absolute atomic E-state index is 5.43. The van der Waals surface area contributed by atoms with Crippen molar-refractivity contribution in [2.24, 2.45) is 0 Å². The van der Waals surface area contributed by atoms with Crippen LogP contribution in [0.15, 0.2) is 48.5 Å². The lowest BCUT2D eigenvalue weighted by Crippen LogP contribution is -1.81. The molecular weight excluding hydrogens is 194 g/mol. The van der Waals surface area contributed by atoms with E-state index in [2.05, 4.69) is 38.1 Å². The Morgan fingerprint density at radius 2 is 0.812 bits per heavy atom. The fourth-order valence-corrected chi connectivity index (χ4v) is 1.20. The second-order valence-corrected chi connectivity index (χ2v) is 4.07. The molecule has 0 aliphatic carbocycles. The third-order valence-corrected chi connectivity index (χ3v) is 2.30. The molecule has 16 heavy (non-hydrogen) atoms. The van der Waals surface area contributed by atoms with Gasteiger partial charge in [0.1, 0.15) is 0 Å². The zero-order chi connectivity index (χ0) is 12.0. The third kappa shape index (κ3) is 4.65. The van der Waals surface area contributed by atoms with Crippen molar-refractivity contribution in [1.29, 1.82) is 0 Å². The number of hydrogen-bond donors (Lipinski definition) is 1. The van der Waals surface area contributed by atoms with Crippen LogP contribution in [0.5, 0.6) is 0 Å². The molecule has 1 heteroatoms. The molecule has 0 heterocycles. The molecule has 1 nitrogen and oxygen atoms in total. The lowest BCUT2D eigenvalue weighted by atomic mass is 10.2. The fraction of sp³-hybridized carbons (Fsp3) is 0.200. The van der Waals surface area contributed by atoms with Crippen LogP contribution in [0, 0.1) is 20.8 Å². The van der Waals surface area contributed by atoms with Crippen molar-refractivity contribution in [2.45, 2.75) is 20.8 Å². The van der Waals surface area contributed by atoms with Crippen LogP contribution in [0.25, 0.3) is 0 Å². The molecule has 2 N–H and O–H groups in total. The van der Waals surface area contributed by atoms with Crippen LogP contribution in [0.2, 0.25) is 0 Å². The maximum Gasteiger partial charge on any atom is 0.0314 e. The molecule has 2 rings (SSSR count). The predicted molar refractivity (Wildman–Crippen MR) is 71.5 cm³/mol. The Morgan fingerprint density at radius 1 is 0.562 bits per heavy atom. The monoisotopic (exact) mass is 213 g/mol. The number of nitrogen functional groups attached to an aromatic ring is 1. The lowest BCUT2D eigenvalue weighted by Gasteiger charge is -1.90. The highest BCUT2D eigenvalue weighted by Gasteiger charge is 1.80. The van der Waals surface area contributed by atoms with Gasteiger partial charge in [0.2, 0.25) is 0 Å². The van der Waals surface area contributed by atoms with Gasteiger partial charge in [-0.25, -0.2) is 0 Å². The standard InChI is InChI=1S/C8H10.C7H9N/c1-7-3-5-8(2)6-4-7;1-6-2-4-7(8)5-3-6/h3-6H,1-2H3;2-5H,8H2,1H3. The Kier molecular flexibility index (Phi) is 4.59. The molecule has 84 valence electrons. The molecule has 0 fully saturated rings. The minimum Gasteiger partial charge on any atom is -0.399 e. The van der Waals surface area contributed by atoms with E-state index in [1.54, 1.807) is 0 Å². The van der Waals surface area contributed by atoms with Gasteiger partial charge < -0.3 is 5.73 Å². The average Bonchev–Trinajstić information content (AvgIpc) is 2.28. The van der Waals surface area contributed by atoms with Crippen LogP contribution < -0.4 is 5.73 Å². The van der Waals surface area contributed by atoms with Crippen LogP contribution >= 0.6 is 0 Å². The number of aryl methyl sites for hydroxylation is 3. The molecule has 0 radical (unpaired) electrons. The van der Waals surface area contributed by atoms with Crippen LogP contribution in [-0.2, 0) is 0 Å². The molecule has 0 amide bonds. The molecule has 0 saturated heterocycles. The summed E-state index contributed by atoms with van der Waals surface area (Å²) in [6.07, 6.45) is 0. The first-order valence-corrected chi connectivity index (χ1v) is 5.43. The summed E-state index contributed by atoms with van der Waals surface area (Å²) in [5, 5.41) is 0. The lowest BCUT2D eigenvalue weighted by molar-refractivity contribution is 1.40. The van der Waals surface area contributed by atoms with Gasteiger partial charge in [0.25, 0.3) is 0 Å². The van der Waals surface area contributed by atoms with E-state index in [0.29, 0.717) is 0 Å². The second-order valence-electron chi connectivity index (χ2n) is 4.07. The van der Waals surface area contributed by atoms with E-state index in [9.17, 15) is 0 Å². The predicted octanol–water partition coefficient (Wildman–Crippen LogP) is 3.88. The summed E-state index contributed by atoms with van der Waals surface area (Å²) in [6, 6.07) is 16.3. The summed E-state index contributed by atoms with van der Waals surface area (Å²) < 4.78 is 0. The highest BCUT2D eigenvalue weighted by atomic mass is 14.5. The maximum atomic E-state index is 5.43. The first kappa shape index (κ1) is 12.3. The van der Waals surface area contributed by atoms with E-state index >= 15 is 0 Å². The molecule has 0 atom stereocenters. The molecule has 0 aliphatic heterocycles. The van der Waals surface area contributed by atoms with Crippen molar-refractivity contribution in [3.8, 4) is 0 Å². The van der Waals surface area contributed by atoms with Gasteiger partial charge >= 0.3 is 0 Å². The molecule has 0 spiro atoms. The first-order valence-electron chi connectivity index (χ1n) is 5.43. The number of rotatable bonds is 0. The normalized spacial score (nSPS) is 9.19. The van der Waals surface area contributed by atoms with Crippen LogP contribution in [-0.4, -0.2) is 0 Å². The highest BCUT2D eigenvalue weighted by molar-refractivity contribution is 5.38. The fourth-order valence-electron chi connectivity index (χ4n) is 1.20. The van der Waals surface area contributed by atoms with Gasteiger partial charge in [-0.2, -0.15) is 0 Å². The average molecular weight is 213 g/mol. The molecule has 0 bridgehead atoms. The van der Waals surface area contributed by atoms with E-state index in [0.717, 1.165) is 5.69 Å². The van der Waals surface area contributed by atoms with Crippen molar-refractivity contribution in [3.05, 3.63) is 65.2 Å². The second kappa shape index (κ2) is 5.96. The summed E-state index contributed by atoms with van der Waals surface area (Å²) in [7, 11) is 0. The van der Waals surface area contributed by atoms with E-state index < -0.39 is 0 Å². The number of anilines is 1. The molecule has 0 aromatic heterocycles. The summed E-state index contributed by atoms with van der Waals surface area (Å²) in [6.45, 7) is 6.23. The van der Waals surface area contributed by atoms with E-state index in [4.69, 9.17) is 5.73 Å². The molecule has 0 aliphatic rings. The molecule has 0 saturated carbocycles. The number of nitrogens with two attached hydrogens (primary N) is 1. The Balaban J connectivity index is 0.000000160. The largest absolute Gasteiger partial charge is 0.399 e. The van der Waals surface area contributed by atoms with E-state index in [-0.39, 0.29) is 0 Å². The van der Waals surface area contributed by atoms with Crippen molar-refractivity contribution in [1.82, 2.24) is 0 Å². The van der Waals surface area contributed by atoms with Crippen molar-refractivity contribution in [3.63, 3.8) is 0 Å². The minimum absolute atomic E-state index is 0.829. The van der Waals surface area contributed by atoms with Crippen molar-refractivity contribution < 1.29 is 0 Å². The number of benzene rings is 2. The SMILES string of the molecule is Cc1ccc(C)cc1.Cc1ccc(N)cc1. The van der Waals surface area contributed by atoms with Gasteiger partial charge in [-0.15, -0.1) is 0 Å². The van der Waals surface area contributed by atoms with Gasteiger partial charge in [0, 0.05) is 5.69 Å². The Morgan fingerprint density at radius 3 is 1.06 bits per heavy atom. The van der Waals surface area contributed by atoms with Gasteiger partial charge in [-0.05, 0) is 32.9 Å². The van der Waals surface area contributed by atoms with Gasteiger partial charge in [-0.1, -0.05) is 53.1 Å². The van der Waals surface area contributed by atoms with Crippen molar-refractivity contribution >= 4 is 5.69 Å². The van der Waals surface area contributed by atoms with Crippen LogP contribution in [0.1, 0.15) is 16.7 Å². The minimum atomic E-state index is 0.829. The third-order valence-electron chi connectivity index (χ3n) is 2.30. The zero-order valence-electron chi connectivity index (χ0n) is 10.2. The molecular formula is C15H19N. The van der Waals surface area contributed by atoms with Gasteiger partial charge in [-0.3, -0.25) is 0 Å². The quantitative estimate of drug-likeness (QED) is 0.660. The summed E-state index contributed by atoms with van der Waals surface area (Å²) >= 11 is 0. The molecule has 0 unspecified atom stereocenters. The Bertz CT molecular complexity index is 327. The van der Waals surface area contributed by atoms with Crippen molar-refractivity contribution in [2.75, 3.05) is 5.73 Å². The van der Waals surface area contributed by atoms with E-state index in [1.807, 2.05) is 31.2 Å². The van der Waals surface area contributed by atoms with Gasteiger partial charge in [0.05, 0.1) is 0 Å². The number of hydrogen-bond acceptors (Lipinski definition) is 1. The zero-order valence-corrected chi connectivity index (χ0v) is 10.2. The molecule has 2 aromatic rings. The van der Waals surface area contributed by atoms with Crippen LogP contribution in [0.4, 0.5) is 5.69 Å². The first-order chi connectivity index (χ1) is 7.58. The Hall–Kier alpha value is -1.76. The summed E-state index contributed by atoms with van der Waals surface area (Å²) in [4.78, 5) is 0. The summed E-state index contributed by atoms with van der Waals surface area (Å²) in [5.41, 5.74) is 10.2. The van der Waals surface area contributed by atoms with Crippen LogP contribution in [0.3, 0.4) is 0 Å². The molecule has 2 aromatic carbocycles. The summed E-state index contributed by atoms with van der Waals surface area (Å²) in [5.74, 6) is 0. The van der Waals surface area contributed by atoms with Gasteiger partial charge in [0.15, 0.2) is 0 Å². The van der Waals surface area contributed by atoms with E-state index in [1.165, 1.54) is 16.7 Å².